The lowest BCUT2D eigenvalue weighted by molar-refractivity contribution is 0.304. The van der Waals surface area contributed by atoms with Crippen molar-refractivity contribution in [1.29, 1.82) is 5.26 Å². The highest BCUT2D eigenvalue weighted by Crippen LogP contribution is 2.39. The maximum Gasteiger partial charge on any atom is 0.134 e. The van der Waals surface area contributed by atoms with E-state index in [1.807, 2.05) is 48.7 Å². The van der Waals surface area contributed by atoms with Crippen LogP contribution >= 0.6 is 43.2 Å². The normalized spacial score (nSPS) is 13.3. The van der Waals surface area contributed by atoms with Gasteiger partial charge in [0.15, 0.2) is 0 Å². The van der Waals surface area contributed by atoms with Crippen molar-refractivity contribution in [3.05, 3.63) is 78.5 Å². The summed E-state index contributed by atoms with van der Waals surface area (Å²) in [6.45, 7) is 0.506. The van der Waals surface area contributed by atoms with Crippen LogP contribution in [0.15, 0.2) is 56.4 Å². The molecule has 146 valence electrons. The number of aliphatic imine (C=N–C) groups is 1. The summed E-state index contributed by atoms with van der Waals surface area (Å²) in [5, 5.41) is 10.4. The van der Waals surface area contributed by atoms with Gasteiger partial charge in [0.25, 0.3) is 0 Å². The fraction of sp³-hybridized carbons (Fsp3) is 0.217. The number of fused-ring (bicyclic) bond motifs is 1. The summed E-state index contributed by atoms with van der Waals surface area (Å²) < 4.78 is 7.86. The van der Waals surface area contributed by atoms with E-state index in [2.05, 4.69) is 42.9 Å². The summed E-state index contributed by atoms with van der Waals surface area (Å²) in [5.74, 6) is 0.786. The number of nitriles is 1. The first-order chi connectivity index (χ1) is 14.1. The van der Waals surface area contributed by atoms with Crippen molar-refractivity contribution in [2.75, 3.05) is 0 Å². The standard InChI is InChI=1S/C23H18Br2N2OS/c24-17-8-5-15(6-9-17)14-28-21-10-7-16(11-20(21)25)13-27-23-19(12-26)18-3-1-2-4-22(18)29-23/h5-11,13H,1-4,14H2. The van der Waals surface area contributed by atoms with E-state index in [-0.39, 0.29) is 0 Å². The molecular formula is C23H18Br2N2OS. The zero-order chi connectivity index (χ0) is 20.2. The molecule has 2 aromatic carbocycles. The molecule has 6 heteroatoms. The average Bonchev–Trinajstić information content (AvgIpc) is 3.10. The molecule has 0 N–H and O–H groups in total. The van der Waals surface area contributed by atoms with Crippen molar-refractivity contribution in [1.82, 2.24) is 0 Å². The molecule has 0 saturated heterocycles. The first-order valence-electron chi connectivity index (χ1n) is 9.39. The van der Waals surface area contributed by atoms with Gasteiger partial charge < -0.3 is 4.74 Å². The molecule has 0 radical (unpaired) electrons. The van der Waals surface area contributed by atoms with Gasteiger partial charge in [-0.15, -0.1) is 11.3 Å². The Kier molecular flexibility index (Phi) is 6.49. The van der Waals surface area contributed by atoms with Crippen molar-refractivity contribution in [3.63, 3.8) is 0 Å². The smallest absolute Gasteiger partial charge is 0.134 e. The Morgan fingerprint density at radius 3 is 2.66 bits per heavy atom. The van der Waals surface area contributed by atoms with Gasteiger partial charge in [-0.3, -0.25) is 0 Å². The van der Waals surface area contributed by atoms with E-state index in [4.69, 9.17) is 4.74 Å². The van der Waals surface area contributed by atoms with Gasteiger partial charge in [0.05, 0.1) is 10.0 Å². The number of ether oxygens (including phenoxy) is 1. The summed E-state index contributed by atoms with van der Waals surface area (Å²) in [6, 6.07) is 16.3. The lowest BCUT2D eigenvalue weighted by atomic mass is 9.96. The van der Waals surface area contributed by atoms with E-state index in [9.17, 15) is 5.26 Å². The van der Waals surface area contributed by atoms with Gasteiger partial charge in [-0.2, -0.15) is 5.26 Å². The van der Waals surface area contributed by atoms with Crippen LogP contribution in [0.4, 0.5) is 5.00 Å². The second kappa shape index (κ2) is 9.25. The summed E-state index contributed by atoms with van der Waals surface area (Å²) in [7, 11) is 0. The van der Waals surface area contributed by atoms with Crippen LogP contribution in [-0.4, -0.2) is 6.21 Å². The van der Waals surface area contributed by atoms with E-state index < -0.39 is 0 Å². The highest BCUT2D eigenvalue weighted by atomic mass is 79.9. The predicted octanol–water partition coefficient (Wildman–Crippen LogP) is 7.35. The topological polar surface area (TPSA) is 45.4 Å². The first kappa shape index (κ1) is 20.3. The fourth-order valence-corrected chi connectivity index (χ4v) is 5.31. The number of nitrogens with zero attached hydrogens (tertiary/aromatic N) is 2. The van der Waals surface area contributed by atoms with E-state index in [0.717, 1.165) is 55.6 Å². The SMILES string of the molecule is N#Cc1c(N=Cc2ccc(OCc3ccc(Br)cc3)c(Br)c2)sc2c1CCCC2. The van der Waals surface area contributed by atoms with E-state index in [1.54, 1.807) is 11.3 Å². The Hall–Kier alpha value is -1.94. The average molecular weight is 530 g/mol. The fourth-order valence-electron chi connectivity index (χ4n) is 3.35. The third-order valence-corrected chi connectivity index (χ3v) is 7.21. The van der Waals surface area contributed by atoms with Gasteiger partial charge in [0.1, 0.15) is 23.4 Å². The van der Waals surface area contributed by atoms with Gasteiger partial charge in [0.2, 0.25) is 0 Å². The molecule has 0 unspecified atom stereocenters. The monoisotopic (exact) mass is 528 g/mol. The number of benzene rings is 2. The summed E-state index contributed by atoms with van der Waals surface area (Å²) in [5.41, 5.74) is 4.04. The molecular weight excluding hydrogens is 512 g/mol. The molecule has 1 aromatic heterocycles. The highest BCUT2D eigenvalue weighted by molar-refractivity contribution is 9.10. The van der Waals surface area contributed by atoms with E-state index >= 15 is 0 Å². The molecule has 0 aliphatic heterocycles. The first-order valence-corrected chi connectivity index (χ1v) is 11.8. The lowest BCUT2D eigenvalue weighted by Gasteiger charge is -2.09. The van der Waals surface area contributed by atoms with Crippen molar-refractivity contribution in [2.24, 2.45) is 4.99 Å². The molecule has 0 atom stereocenters. The molecule has 3 aromatic rings. The molecule has 29 heavy (non-hydrogen) atoms. The predicted molar refractivity (Wildman–Crippen MR) is 126 cm³/mol. The van der Waals surface area contributed by atoms with Gasteiger partial charge in [0, 0.05) is 15.6 Å². The molecule has 0 amide bonds. The second-order valence-corrected chi connectivity index (χ2v) is 9.72. The van der Waals surface area contributed by atoms with Crippen LogP contribution in [0.3, 0.4) is 0 Å². The highest BCUT2D eigenvalue weighted by Gasteiger charge is 2.20. The molecule has 4 rings (SSSR count). The maximum atomic E-state index is 9.57. The number of thiophene rings is 1. The van der Waals surface area contributed by atoms with Gasteiger partial charge in [-0.25, -0.2) is 4.99 Å². The van der Waals surface area contributed by atoms with Crippen LogP contribution in [0.2, 0.25) is 0 Å². The number of aryl methyl sites for hydroxylation is 1. The minimum Gasteiger partial charge on any atom is -0.488 e. The zero-order valence-corrected chi connectivity index (χ0v) is 19.6. The molecule has 0 fully saturated rings. The van der Waals surface area contributed by atoms with Crippen LogP contribution in [-0.2, 0) is 19.4 Å². The Morgan fingerprint density at radius 1 is 1.10 bits per heavy atom. The van der Waals surface area contributed by atoms with Gasteiger partial charge in [-0.1, -0.05) is 28.1 Å². The molecule has 1 aliphatic carbocycles. The molecule has 0 bridgehead atoms. The second-order valence-electron chi connectivity index (χ2n) is 6.87. The van der Waals surface area contributed by atoms with Crippen molar-refractivity contribution in [3.8, 4) is 11.8 Å². The maximum absolute atomic E-state index is 9.57. The molecule has 0 saturated carbocycles. The number of halogens is 2. The quantitative estimate of drug-likeness (QED) is 0.324. The Labute approximate surface area is 191 Å². The van der Waals surface area contributed by atoms with Gasteiger partial charge in [-0.05, 0) is 88.6 Å². The van der Waals surface area contributed by atoms with Crippen LogP contribution in [0.1, 0.15) is 40.0 Å². The molecule has 1 aliphatic rings. The lowest BCUT2D eigenvalue weighted by Crippen LogP contribution is -1.99. The Bertz CT molecular complexity index is 1100. The summed E-state index contributed by atoms with van der Waals surface area (Å²) in [4.78, 5) is 5.96. The van der Waals surface area contributed by atoms with Gasteiger partial charge >= 0.3 is 0 Å². The molecule has 1 heterocycles. The van der Waals surface area contributed by atoms with Crippen LogP contribution in [0.25, 0.3) is 0 Å². The van der Waals surface area contributed by atoms with E-state index in [1.165, 1.54) is 16.9 Å². The third-order valence-electron chi connectivity index (χ3n) is 4.86. The van der Waals surface area contributed by atoms with Crippen LogP contribution < -0.4 is 4.74 Å². The molecule has 0 spiro atoms. The van der Waals surface area contributed by atoms with E-state index in [0.29, 0.717) is 6.61 Å². The largest absolute Gasteiger partial charge is 0.488 e. The molecule has 3 nitrogen and oxygen atoms in total. The third kappa shape index (κ3) is 4.80. The Morgan fingerprint density at radius 2 is 1.90 bits per heavy atom. The summed E-state index contributed by atoms with van der Waals surface area (Å²) >= 11 is 8.69. The minimum absolute atomic E-state index is 0.506. The number of rotatable bonds is 5. The van der Waals surface area contributed by atoms with Crippen molar-refractivity contribution in [2.45, 2.75) is 32.3 Å². The Balaban J connectivity index is 1.47. The zero-order valence-electron chi connectivity index (χ0n) is 15.6. The van der Waals surface area contributed by atoms with Crippen molar-refractivity contribution >= 4 is 54.4 Å². The van der Waals surface area contributed by atoms with Crippen LogP contribution in [0, 0.1) is 11.3 Å². The minimum atomic E-state index is 0.506. The van der Waals surface area contributed by atoms with Crippen LogP contribution in [0.5, 0.6) is 5.75 Å². The summed E-state index contributed by atoms with van der Waals surface area (Å²) in [6.07, 6.45) is 6.26. The number of hydrogen-bond donors (Lipinski definition) is 0. The van der Waals surface area contributed by atoms with Crippen molar-refractivity contribution < 1.29 is 4.74 Å². The number of hydrogen-bond acceptors (Lipinski definition) is 4.